The molecule has 1 aliphatic carbocycles. The Morgan fingerprint density at radius 1 is 1.38 bits per heavy atom. The van der Waals surface area contributed by atoms with Crippen molar-refractivity contribution in [1.29, 1.82) is 0 Å². The summed E-state index contributed by atoms with van der Waals surface area (Å²) in [5.41, 5.74) is 4.47. The molecule has 0 radical (unpaired) electrons. The zero-order chi connectivity index (χ0) is 17.3. The van der Waals surface area contributed by atoms with E-state index in [1.54, 1.807) is 5.56 Å². The summed E-state index contributed by atoms with van der Waals surface area (Å²) in [6.45, 7) is 4.86. The Labute approximate surface area is 143 Å². The minimum Gasteiger partial charge on any atom is -0.361 e. The van der Waals surface area contributed by atoms with E-state index in [0.29, 0.717) is 6.26 Å². The first-order valence-corrected chi connectivity index (χ1v) is 10.5. The molecule has 132 valence electrons. The molecule has 0 saturated carbocycles. The van der Waals surface area contributed by atoms with Gasteiger partial charge in [-0.1, -0.05) is 19.1 Å². The first kappa shape index (κ1) is 17.5. The molecule has 1 unspecified atom stereocenters. The van der Waals surface area contributed by atoms with Gasteiger partial charge in [0.2, 0.25) is 0 Å². The number of benzene rings is 1. The molecule has 4 rings (SSSR count). The normalized spacial score (nSPS) is 23.5. The number of aromatic nitrogens is 1. The second-order valence-electron chi connectivity index (χ2n) is 6.87. The molecule has 2 N–H and O–H groups in total. The number of rotatable bonds is 2. The minimum atomic E-state index is -3.67. The Balaban J connectivity index is 0.000000300. The highest BCUT2D eigenvalue weighted by Gasteiger charge is 2.36. The molecule has 1 aromatic heterocycles. The largest absolute Gasteiger partial charge is 0.361 e. The van der Waals surface area contributed by atoms with Crippen molar-refractivity contribution in [2.45, 2.75) is 44.6 Å². The molecule has 2 heterocycles. The van der Waals surface area contributed by atoms with E-state index >= 15 is 0 Å². The Hall–Kier alpha value is -1.37. The van der Waals surface area contributed by atoms with Crippen LogP contribution in [0, 0.1) is 0 Å². The fraction of sp³-hybridized carbons (Fsp3) is 0.556. The van der Waals surface area contributed by atoms with E-state index in [0.717, 1.165) is 12.0 Å². The number of hydrogen-bond acceptors (Lipinski definition) is 3. The fourth-order valence-corrected chi connectivity index (χ4v) is 4.31. The number of hydrogen-bond donors (Lipinski definition) is 2. The highest BCUT2D eigenvalue weighted by molar-refractivity contribution is 7.85. The maximum atomic E-state index is 9.19. The second-order valence-corrected chi connectivity index (χ2v) is 8.34. The molecule has 1 aromatic carbocycles. The van der Waals surface area contributed by atoms with Crippen LogP contribution in [0.25, 0.3) is 10.9 Å². The van der Waals surface area contributed by atoms with Crippen molar-refractivity contribution >= 4 is 21.0 Å². The molecule has 0 spiro atoms. The van der Waals surface area contributed by atoms with Crippen LogP contribution in [-0.2, 0) is 16.5 Å². The molecule has 1 aliphatic heterocycles. The molecule has 2 atom stereocenters. The van der Waals surface area contributed by atoms with Crippen LogP contribution in [0.4, 0.5) is 0 Å². The van der Waals surface area contributed by atoms with Crippen LogP contribution in [0.2, 0.25) is 0 Å². The van der Waals surface area contributed by atoms with Gasteiger partial charge in [0.1, 0.15) is 0 Å². The summed E-state index contributed by atoms with van der Waals surface area (Å²) in [7, 11) is -3.67. The Kier molecular flexibility index (Phi) is 4.99. The summed E-state index contributed by atoms with van der Waals surface area (Å²) in [6, 6.07) is 7.54. The van der Waals surface area contributed by atoms with Gasteiger partial charge >= 0.3 is 0 Å². The summed E-state index contributed by atoms with van der Waals surface area (Å²) in [5, 5.41) is 1.53. The quantitative estimate of drug-likeness (QED) is 0.816. The average Bonchev–Trinajstić information content (AvgIpc) is 2.92. The summed E-state index contributed by atoms with van der Waals surface area (Å²) in [4.78, 5) is 6.20. The maximum Gasteiger partial charge on any atom is 0.261 e. The van der Waals surface area contributed by atoms with Crippen molar-refractivity contribution in [3.63, 3.8) is 0 Å². The molecular formula is C18H26N2O3S. The van der Waals surface area contributed by atoms with E-state index in [-0.39, 0.29) is 0 Å². The number of aromatic amines is 1. The van der Waals surface area contributed by atoms with Crippen molar-refractivity contribution in [2.24, 2.45) is 0 Å². The molecule has 2 aliphatic rings. The first-order chi connectivity index (χ1) is 11.4. The third kappa shape index (κ3) is 3.66. The van der Waals surface area contributed by atoms with Crippen molar-refractivity contribution in [3.8, 4) is 0 Å². The molecular weight excluding hydrogens is 324 g/mol. The Morgan fingerprint density at radius 3 is 2.83 bits per heavy atom. The van der Waals surface area contributed by atoms with Crippen molar-refractivity contribution in [3.05, 3.63) is 35.5 Å². The van der Waals surface area contributed by atoms with Gasteiger partial charge in [-0.3, -0.25) is 9.45 Å². The second kappa shape index (κ2) is 6.86. The summed E-state index contributed by atoms with van der Waals surface area (Å²) in [5.74, 6) is 0.757. The summed E-state index contributed by atoms with van der Waals surface area (Å²) in [6.07, 6.45) is 8.19. The van der Waals surface area contributed by atoms with Crippen LogP contribution in [0.1, 0.15) is 43.2 Å². The van der Waals surface area contributed by atoms with Gasteiger partial charge in [0.15, 0.2) is 0 Å². The predicted octanol–water partition coefficient (Wildman–Crippen LogP) is 3.19. The van der Waals surface area contributed by atoms with Gasteiger partial charge in [-0.25, -0.2) is 0 Å². The van der Waals surface area contributed by atoms with Gasteiger partial charge in [0, 0.05) is 29.1 Å². The van der Waals surface area contributed by atoms with E-state index in [9.17, 15) is 8.42 Å². The molecule has 1 saturated heterocycles. The minimum absolute atomic E-state index is 0.715. The highest BCUT2D eigenvalue weighted by atomic mass is 32.2. The molecule has 0 amide bonds. The van der Waals surface area contributed by atoms with E-state index in [2.05, 4.69) is 41.2 Å². The lowest BCUT2D eigenvalue weighted by atomic mass is 9.75. The van der Waals surface area contributed by atoms with Gasteiger partial charge in [-0.05, 0) is 56.0 Å². The van der Waals surface area contributed by atoms with E-state index < -0.39 is 10.1 Å². The van der Waals surface area contributed by atoms with Crippen molar-refractivity contribution < 1.29 is 13.0 Å². The summed E-state index contributed by atoms with van der Waals surface area (Å²) >= 11 is 0. The monoisotopic (exact) mass is 350 g/mol. The van der Waals surface area contributed by atoms with Gasteiger partial charge in [0.25, 0.3) is 10.1 Å². The number of nitrogens with one attached hydrogen (secondary N) is 1. The van der Waals surface area contributed by atoms with E-state index in [4.69, 9.17) is 4.55 Å². The molecule has 5 nitrogen and oxygen atoms in total. The molecule has 0 bridgehead atoms. The lowest BCUT2D eigenvalue weighted by molar-refractivity contribution is 0.124. The third-order valence-electron chi connectivity index (χ3n) is 5.05. The van der Waals surface area contributed by atoms with E-state index in [1.165, 1.54) is 55.2 Å². The smallest absolute Gasteiger partial charge is 0.261 e. The molecule has 6 heteroatoms. The van der Waals surface area contributed by atoms with Crippen LogP contribution in [0.15, 0.2) is 24.4 Å². The van der Waals surface area contributed by atoms with Crippen molar-refractivity contribution in [2.75, 3.05) is 19.3 Å². The SMILES string of the molecule is CCCN1CCCC2c3cccc4[nH]cc(c34)C[C@H]21.CS(=O)(=O)O. The standard InChI is InChI=1S/C17H22N2.CH4O3S/c1-2-8-19-9-4-6-13-14-5-3-7-15-17(14)12(11-18-15)10-16(13)19;1-5(2,3)4/h3,5,7,11,13,16,18H,2,4,6,8-10H2,1H3;1H3,(H,2,3,4)/t13?,16-;/m1./s1. The average molecular weight is 350 g/mol. The zero-order valence-corrected chi connectivity index (χ0v) is 15.1. The van der Waals surface area contributed by atoms with Gasteiger partial charge in [-0.15, -0.1) is 0 Å². The Morgan fingerprint density at radius 2 is 2.12 bits per heavy atom. The molecule has 1 fully saturated rings. The van der Waals surface area contributed by atoms with Crippen LogP contribution in [0.3, 0.4) is 0 Å². The summed E-state index contributed by atoms with van der Waals surface area (Å²) < 4.78 is 25.9. The van der Waals surface area contributed by atoms with Crippen LogP contribution in [0.5, 0.6) is 0 Å². The van der Waals surface area contributed by atoms with Crippen LogP contribution in [-0.4, -0.2) is 48.2 Å². The molecule has 24 heavy (non-hydrogen) atoms. The predicted molar refractivity (Wildman–Crippen MR) is 97.1 cm³/mol. The van der Waals surface area contributed by atoms with Gasteiger partial charge in [0.05, 0.1) is 6.26 Å². The maximum absolute atomic E-state index is 9.19. The number of piperidine rings is 1. The van der Waals surface area contributed by atoms with Crippen LogP contribution >= 0.6 is 0 Å². The number of fused-ring (bicyclic) bond motifs is 2. The number of H-pyrrole nitrogens is 1. The van der Waals surface area contributed by atoms with Gasteiger partial charge in [-0.2, -0.15) is 8.42 Å². The number of nitrogens with zero attached hydrogens (tertiary/aromatic N) is 1. The first-order valence-electron chi connectivity index (χ1n) is 8.64. The lowest BCUT2D eigenvalue weighted by Crippen LogP contribution is -2.46. The highest BCUT2D eigenvalue weighted by Crippen LogP contribution is 2.43. The fourth-order valence-electron chi connectivity index (χ4n) is 4.31. The van der Waals surface area contributed by atoms with E-state index in [1.807, 2.05) is 0 Å². The third-order valence-corrected chi connectivity index (χ3v) is 5.05. The lowest BCUT2D eigenvalue weighted by Gasteiger charge is -2.44. The van der Waals surface area contributed by atoms with Crippen LogP contribution < -0.4 is 0 Å². The van der Waals surface area contributed by atoms with Gasteiger partial charge < -0.3 is 4.98 Å². The zero-order valence-electron chi connectivity index (χ0n) is 14.3. The Bertz CT molecular complexity index is 803. The van der Waals surface area contributed by atoms with Crippen molar-refractivity contribution in [1.82, 2.24) is 9.88 Å². The molecule has 2 aromatic rings. The number of likely N-dealkylation sites (tertiary alicyclic amines) is 1. The topological polar surface area (TPSA) is 73.4 Å².